The van der Waals surface area contributed by atoms with Crippen LogP contribution in [0.2, 0.25) is 0 Å². The van der Waals surface area contributed by atoms with Crippen LogP contribution in [0, 0.1) is 5.82 Å². The van der Waals surface area contributed by atoms with Crippen molar-refractivity contribution in [2.75, 3.05) is 13.2 Å². The van der Waals surface area contributed by atoms with E-state index < -0.39 is 23.5 Å². The van der Waals surface area contributed by atoms with Crippen LogP contribution in [0.4, 0.5) is 17.6 Å². The van der Waals surface area contributed by atoms with Gasteiger partial charge in [0.2, 0.25) is 5.79 Å². The van der Waals surface area contributed by atoms with Crippen LogP contribution in [0.3, 0.4) is 0 Å². The number of fused-ring (bicyclic) bond motifs is 2. The second-order valence-electron chi connectivity index (χ2n) is 5.99. The van der Waals surface area contributed by atoms with E-state index in [9.17, 15) is 17.6 Å². The third-order valence-electron chi connectivity index (χ3n) is 4.45. The first-order chi connectivity index (χ1) is 11.8. The molecule has 0 unspecified atom stereocenters. The summed E-state index contributed by atoms with van der Waals surface area (Å²) in [5.41, 5.74) is -0.301. The molecule has 1 spiro atoms. The van der Waals surface area contributed by atoms with E-state index >= 15 is 0 Å². The van der Waals surface area contributed by atoms with E-state index in [1.807, 2.05) is 0 Å². The fourth-order valence-electron chi connectivity index (χ4n) is 3.46. The lowest BCUT2D eigenvalue weighted by atomic mass is 9.90. The van der Waals surface area contributed by atoms with Crippen molar-refractivity contribution in [1.82, 2.24) is 9.78 Å². The Balaban J connectivity index is 1.98. The average molecular weight is 421 g/mol. The lowest BCUT2D eigenvalue weighted by Crippen LogP contribution is -2.34. The summed E-state index contributed by atoms with van der Waals surface area (Å²) in [7, 11) is 0. The highest BCUT2D eigenvalue weighted by Crippen LogP contribution is 2.46. The van der Waals surface area contributed by atoms with Gasteiger partial charge in [0.25, 0.3) is 0 Å². The Morgan fingerprint density at radius 1 is 1.20 bits per heavy atom. The van der Waals surface area contributed by atoms with Gasteiger partial charge in [-0.05, 0) is 47.0 Å². The molecule has 1 aromatic heterocycles. The molecule has 2 aliphatic rings. The Labute approximate surface area is 148 Å². The van der Waals surface area contributed by atoms with Gasteiger partial charge in [0.1, 0.15) is 11.5 Å². The highest BCUT2D eigenvalue weighted by atomic mass is 79.9. The lowest BCUT2D eigenvalue weighted by molar-refractivity contribution is -0.180. The van der Waals surface area contributed by atoms with Crippen molar-refractivity contribution in [2.45, 2.75) is 31.2 Å². The minimum absolute atomic E-state index is 0.0843. The summed E-state index contributed by atoms with van der Waals surface area (Å²) in [5.74, 6) is -1.74. The molecule has 1 fully saturated rings. The van der Waals surface area contributed by atoms with Crippen molar-refractivity contribution in [3.63, 3.8) is 0 Å². The molecule has 1 aliphatic heterocycles. The minimum atomic E-state index is -4.59. The van der Waals surface area contributed by atoms with Gasteiger partial charge in [-0.15, -0.1) is 0 Å². The van der Waals surface area contributed by atoms with E-state index in [-0.39, 0.29) is 22.2 Å². The number of alkyl halides is 3. The van der Waals surface area contributed by atoms with Gasteiger partial charge in [-0.3, -0.25) is 0 Å². The predicted molar refractivity (Wildman–Crippen MR) is 82.7 cm³/mol. The number of benzene rings is 1. The van der Waals surface area contributed by atoms with E-state index in [4.69, 9.17) is 9.47 Å². The van der Waals surface area contributed by atoms with Crippen molar-refractivity contribution >= 4 is 15.9 Å². The minimum Gasteiger partial charge on any atom is -0.342 e. The topological polar surface area (TPSA) is 36.3 Å². The van der Waals surface area contributed by atoms with Crippen LogP contribution < -0.4 is 0 Å². The highest BCUT2D eigenvalue weighted by molar-refractivity contribution is 9.10. The first-order valence-electron chi connectivity index (χ1n) is 7.75. The zero-order valence-corrected chi connectivity index (χ0v) is 14.5. The van der Waals surface area contributed by atoms with Crippen molar-refractivity contribution in [2.24, 2.45) is 0 Å². The maximum atomic E-state index is 13.5. The second kappa shape index (κ2) is 5.78. The second-order valence-corrected chi connectivity index (χ2v) is 6.84. The first kappa shape index (κ1) is 17.0. The quantitative estimate of drug-likeness (QED) is 0.644. The Kier molecular flexibility index (Phi) is 3.93. The molecule has 4 rings (SSSR count). The van der Waals surface area contributed by atoms with E-state index in [0.717, 1.165) is 0 Å². The standard InChI is InChI=1S/C16H13BrF4N2O2/c17-11-8-9(3-4-12(11)18)23-14-10(13(22-23)16(19,20)21)2-1-5-15(14)24-6-7-25-15/h3-4,8H,1-2,5-7H2. The maximum Gasteiger partial charge on any atom is 0.435 e. The molecular weight excluding hydrogens is 408 g/mol. The van der Waals surface area contributed by atoms with Gasteiger partial charge in [-0.2, -0.15) is 18.3 Å². The molecule has 0 amide bonds. The third-order valence-corrected chi connectivity index (χ3v) is 5.05. The number of rotatable bonds is 1. The summed E-state index contributed by atoms with van der Waals surface area (Å²) in [6, 6.07) is 3.94. The Bertz CT molecular complexity index is 828. The van der Waals surface area contributed by atoms with Crippen LogP contribution >= 0.6 is 15.9 Å². The molecule has 0 saturated carbocycles. The molecule has 1 aromatic carbocycles. The molecule has 9 heteroatoms. The van der Waals surface area contributed by atoms with Crippen molar-refractivity contribution < 1.29 is 27.0 Å². The molecule has 0 bridgehead atoms. The van der Waals surface area contributed by atoms with Gasteiger partial charge in [0, 0.05) is 12.0 Å². The smallest absolute Gasteiger partial charge is 0.342 e. The fraction of sp³-hybridized carbons (Fsp3) is 0.438. The predicted octanol–water partition coefficient (Wildman–Crippen LogP) is 4.33. The summed E-state index contributed by atoms with van der Waals surface area (Å²) >= 11 is 3.06. The number of hydrogen-bond donors (Lipinski definition) is 0. The summed E-state index contributed by atoms with van der Waals surface area (Å²) < 4.78 is 66.8. The normalized spacial score (nSPS) is 19.4. The number of hydrogen-bond acceptors (Lipinski definition) is 3. The van der Waals surface area contributed by atoms with Crippen LogP contribution in [-0.2, 0) is 27.9 Å². The zero-order valence-electron chi connectivity index (χ0n) is 12.9. The van der Waals surface area contributed by atoms with Crippen molar-refractivity contribution in [3.8, 4) is 5.69 Å². The molecule has 2 heterocycles. The van der Waals surface area contributed by atoms with E-state index in [1.54, 1.807) is 0 Å². The zero-order chi connectivity index (χ0) is 17.8. The first-order valence-corrected chi connectivity index (χ1v) is 8.54. The number of aromatic nitrogens is 2. The summed E-state index contributed by atoms with van der Waals surface area (Å²) in [6.07, 6.45) is -3.40. The van der Waals surface area contributed by atoms with Gasteiger partial charge in [-0.1, -0.05) is 0 Å². The molecule has 0 N–H and O–H groups in total. The van der Waals surface area contributed by atoms with Crippen LogP contribution in [0.5, 0.6) is 0 Å². The fourth-order valence-corrected chi connectivity index (χ4v) is 3.83. The van der Waals surface area contributed by atoms with Gasteiger partial charge in [0.15, 0.2) is 5.69 Å². The molecular formula is C16H13BrF4N2O2. The lowest BCUT2D eigenvalue weighted by Gasteiger charge is -2.32. The van der Waals surface area contributed by atoms with Crippen LogP contribution in [0.1, 0.15) is 29.8 Å². The summed E-state index contributed by atoms with van der Waals surface area (Å²) in [5, 5.41) is 3.81. The van der Waals surface area contributed by atoms with Gasteiger partial charge >= 0.3 is 6.18 Å². The van der Waals surface area contributed by atoms with Crippen molar-refractivity contribution in [3.05, 3.63) is 45.4 Å². The number of nitrogens with zero attached hydrogens (tertiary/aromatic N) is 2. The van der Waals surface area contributed by atoms with E-state index in [1.165, 1.54) is 22.9 Å². The van der Waals surface area contributed by atoms with Crippen LogP contribution in [0.15, 0.2) is 22.7 Å². The van der Waals surface area contributed by atoms with E-state index in [0.29, 0.717) is 31.7 Å². The third kappa shape index (κ3) is 2.69. The molecule has 0 radical (unpaired) electrons. The molecule has 0 atom stereocenters. The SMILES string of the molecule is Fc1ccc(-n2nc(C(F)(F)F)c3c2C2(CCC3)OCCO2)cc1Br. The molecule has 4 nitrogen and oxygen atoms in total. The monoisotopic (exact) mass is 420 g/mol. The highest BCUT2D eigenvalue weighted by Gasteiger charge is 2.50. The number of ether oxygens (including phenoxy) is 2. The van der Waals surface area contributed by atoms with E-state index in [2.05, 4.69) is 21.0 Å². The molecule has 1 aliphatic carbocycles. The van der Waals surface area contributed by atoms with Gasteiger partial charge in [-0.25, -0.2) is 9.07 Å². The maximum absolute atomic E-state index is 13.5. The number of halogens is 5. The molecule has 2 aromatic rings. The summed E-state index contributed by atoms with van der Waals surface area (Å²) in [6.45, 7) is 0.609. The molecule has 1 saturated heterocycles. The average Bonchev–Trinajstić information content (AvgIpc) is 3.16. The molecule has 25 heavy (non-hydrogen) atoms. The van der Waals surface area contributed by atoms with Gasteiger partial charge in [0.05, 0.1) is 23.4 Å². The Hall–Kier alpha value is -1.45. The summed E-state index contributed by atoms with van der Waals surface area (Å²) in [4.78, 5) is 0. The molecule has 134 valence electrons. The van der Waals surface area contributed by atoms with Crippen molar-refractivity contribution in [1.29, 1.82) is 0 Å². The largest absolute Gasteiger partial charge is 0.435 e. The van der Waals surface area contributed by atoms with Gasteiger partial charge < -0.3 is 9.47 Å². The van der Waals surface area contributed by atoms with Crippen LogP contribution in [0.25, 0.3) is 5.69 Å². The van der Waals surface area contributed by atoms with Crippen LogP contribution in [-0.4, -0.2) is 23.0 Å². The Morgan fingerprint density at radius 3 is 2.56 bits per heavy atom. The Morgan fingerprint density at radius 2 is 1.92 bits per heavy atom.